The summed E-state index contributed by atoms with van der Waals surface area (Å²) in [5.74, 6) is 6.72. The van der Waals surface area contributed by atoms with Gasteiger partial charge in [-0.3, -0.25) is 4.79 Å². The number of thioether (sulfide) groups is 1. The van der Waals surface area contributed by atoms with Crippen LogP contribution in [0.4, 0.5) is 0 Å². The number of nitrogen functional groups attached to an aromatic ring is 1. The predicted molar refractivity (Wildman–Crippen MR) is 123 cm³/mol. The maximum Gasteiger partial charge on any atom is 0.233 e. The van der Waals surface area contributed by atoms with Crippen LogP contribution in [-0.4, -0.2) is 32.6 Å². The second-order valence-corrected chi connectivity index (χ2v) is 8.97. The van der Waals surface area contributed by atoms with E-state index < -0.39 is 5.25 Å². The molecule has 3 aromatic rings. The Hall–Kier alpha value is -2.22. The number of carbonyl (C=O) groups excluding carboxylic acids is 1. The van der Waals surface area contributed by atoms with Gasteiger partial charge in [0.2, 0.25) is 11.1 Å². The summed E-state index contributed by atoms with van der Waals surface area (Å²) in [5.41, 5.74) is 1.79. The molecule has 0 radical (unpaired) electrons. The molecule has 0 aliphatic carbocycles. The largest absolute Gasteiger partial charge is 0.355 e. The number of amides is 1. The maximum absolute atomic E-state index is 12.6. The van der Waals surface area contributed by atoms with E-state index >= 15 is 0 Å². The molecule has 0 bridgehead atoms. The molecule has 0 spiro atoms. The van der Waals surface area contributed by atoms with Gasteiger partial charge < -0.3 is 11.2 Å². The van der Waals surface area contributed by atoms with Crippen LogP contribution >= 0.6 is 35.0 Å². The quantitative estimate of drug-likeness (QED) is 0.371. The molecule has 2 aromatic carbocycles. The summed E-state index contributed by atoms with van der Waals surface area (Å²) in [4.78, 5) is 12.6. The Kier molecular flexibility index (Phi) is 7.64. The monoisotopic (exact) mass is 463 g/mol. The molecule has 6 nitrogen and oxygen atoms in total. The first kappa shape index (κ1) is 22.5. The second-order valence-electron chi connectivity index (χ2n) is 6.82. The number of benzene rings is 2. The number of nitrogens with two attached hydrogens (primary N) is 1. The number of rotatable bonds is 8. The topological polar surface area (TPSA) is 85.8 Å². The maximum atomic E-state index is 12.6. The number of halogens is 2. The highest BCUT2D eigenvalue weighted by atomic mass is 35.5. The molecular formula is C21H23Cl2N5OS. The van der Waals surface area contributed by atoms with Gasteiger partial charge in [0, 0.05) is 23.0 Å². The smallest absolute Gasteiger partial charge is 0.233 e. The van der Waals surface area contributed by atoms with E-state index in [9.17, 15) is 4.79 Å². The van der Waals surface area contributed by atoms with Gasteiger partial charge in [-0.25, -0.2) is 4.68 Å². The Balaban J connectivity index is 1.64. The Morgan fingerprint density at radius 2 is 1.93 bits per heavy atom. The van der Waals surface area contributed by atoms with Crippen molar-refractivity contribution in [3.05, 3.63) is 64.1 Å². The first-order valence-corrected chi connectivity index (χ1v) is 11.2. The minimum atomic E-state index is -0.396. The molecule has 0 aliphatic heterocycles. The average Bonchev–Trinajstić information content (AvgIpc) is 3.10. The number of hydrogen-bond acceptors (Lipinski definition) is 5. The molecule has 0 aliphatic rings. The van der Waals surface area contributed by atoms with Gasteiger partial charge in [-0.05, 0) is 37.1 Å². The van der Waals surface area contributed by atoms with E-state index in [4.69, 9.17) is 29.0 Å². The molecule has 1 heterocycles. The molecular weight excluding hydrogens is 441 g/mol. The van der Waals surface area contributed by atoms with E-state index in [0.29, 0.717) is 33.1 Å². The van der Waals surface area contributed by atoms with E-state index in [1.165, 1.54) is 22.0 Å². The Labute approximate surface area is 190 Å². The molecule has 0 fully saturated rings. The predicted octanol–water partition coefficient (Wildman–Crippen LogP) is 4.76. The lowest BCUT2D eigenvalue weighted by Crippen LogP contribution is -2.34. The van der Waals surface area contributed by atoms with Crippen molar-refractivity contribution in [2.45, 2.75) is 36.6 Å². The van der Waals surface area contributed by atoms with Crippen LogP contribution in [0.1, 0.15) is 31.7 Å². The fourth-order valence-electron chi connectivity index (χ4n) is 3.01. The molecule has 0 unspecified atom stereocenters. The summed E-state index contributed by atoms with van der Waals surface area (Å²) in [6.45, 7) is 4.49. The molecule has 0 saturated heterocycles. The molecule has 30 heavy (non-hydrogen) atoms. The van der Waals surface area contributed by atoms with Crippen molar-refractivity contribution in [1.82, 2.24) is 20.2 Å². The van der Waals surface area contributed by atoms with Crippen molar-refractivity contribution >= 4 is 40.9 Å². The van der Waals surface area contributed by atoms with Crippen LogP contribution in [0.5, 0.6) is 0 Å². The van der Waals surface area contributed by atoms with E-state index in [2.05, 4.69) is 34.6 Å². The fourth-order valence-corrected chi connectivity index (χ4v) is 4.18. The van der Waals surface area contributed by atoms with Gasteiger partial charge in [-0.1, -0.05) is 72.2 Å². The molecule has 3 N–H and O–H groups in total. The number of hydrogen-bond donors (Lipinski definition) is 2. The number of carbonyl (C=O) groups is 1. The van der Waals surface area contributed by atoms with Gasteiger partial charge >= 0.3 is 0 Å². The molecule has 9 heteroatoms. The zero-order valence-electron chi connectivity index (χ0n) is 16.7. The van der Waals surface area contributed by atoms with Crippen LogP contribution in [0, 0.1) is 0 Å². The van der Waals surface area contributed by atoms with Crippen LogP contribution in [-0.2, 0) is 4.79 Å². The van der Waals surface area contributed by atoms with Crippen LogP contribution in [0.15, 0.2) is 53.7 Å². The number of nitrogens with zero attached hydrogens (tertiary/aromatic N) is 3. The minimum absolute atomic E-state index is 0.0836. The highest BCUT2D eigenvalue weighted by molar-refractivity contribution is 8.00. The summed E-state index contributed by atoms with van der Waals surface area (Å²) in [6.07, 6.45) is 0.937. The van der Waals surface area contributed by atoms with Crippen LogP contribution in [0.25, 0.3) is 11.4 Å². The van der Waals surface area contributed by atoms with Gasteiger partial charge in [-0.15, -0.1) is 10.2 Å². The fraction of sp³-hybridized carbons (Fsp3) is 0.286. The van der Waals surface area contributed by atoms with E-state index in [1.807, 2.05) is 25.1 Å². The Bertz CT molecular complexity index is 1010. The lowest BCUT2D eigenvalue weighted by Gasteiger charge is -2.18. The minimum Gasteiger partial charge on any atom is -0.355 e. The van der Waals surface area contributed by atoms with Crippen LogP contribution in [0.3, 0.4) is 0 Å². The summed E-state index contributed by atoms with van der Waals surface area (Å²) in [7, 11) is 0. The third-order valence-electron chi connectivity index (χ3n) is 4.77. The van der Waals surface area contributed by atoms with E-state index in [-0.39, 0.29) is 11.8 Å². The summed E-state index contributed by atoms with van der Waals surface area (Å²) >= 11 is 13.5. The first-order valence-electron chi connectivity index (χ1n) is 9.56. The van der Waals surface area contributed by atoms with Gasteiger partial charge in [0.1, 0.15) is 0 Å². The molecule has 2 atom stereocenters. The second kappa shape index (κ2) is 10.2. The van der Waals surface area contributed by atoms with Crippen molar-refractivity contribution in [3.8, 4) is 11.4 Å². The zero-order valence-corrected chi connectivity index (χ0v) is 19.0. The van der Waals surface area contributed by atoms with Crippen molar-refractivity contribution < 1.29 is 4.79 Å². The lowest BCUT2D eigenvalue weighted by molar-refractivity contribution is -0.120. The van der Waals surface area contributed by atoms with Crippen molar-refractivity contribution in [2.75, 3.05) is 12.4 Å². The number of nitrogens with one attached hydrogen (secondary N) is 1. The zero-order chi connectivity index (χ0) is 21.7. The Morgan fingerprint density at radius 1 is 1.20 bits per heavy atom. The normalized spacial score (nSPS) is 13.1. The first-order chi connectivity index (χ1) is 14.4. The van der Waals surface area contributed by atoms with Gasteiger partial charge in [0.15, 0.2) is 5.82 Å². The standard InChI is InChI=1S/C21H23Cl2N5OS/c1-3-14(15-7-5-4-6-8-15)12-25-20(29)13(2)30-21-27-26-19(28(21)24)17-11-16(22)9-10-18(17)23/h4-11,13-14H,3,12,24H2,1-2H3,(H,25,29)/t13-,14-/m1/s1. The van der Waals surface area contributed by atoms with Gasteiger partial charge in [0.05, 0.1) is 10.3 Å². The van der Waals surface area contributed by atoms with Crippen LogP contribution in [0.2, 0.25) is 10.0 Å². The van der Waals surface area contributed by atoms with Crippen molar-refractivity contribution in [1.29, 1.82) is 0 Å². The summed E-state index contributed by atoms with van der Waals surface area (Å²) in [6, 6.07) is 15.2. The highest BCUT2D eigenvalue weighted by Crippen LogP contribution is 2.31. The molecule has 3 rings (SSSR count). The lowest BCUT2D eigenvalue weighted by atomic mass is 9.96. The summed E-state index contributed by atoms with van der Waals surface area (Å²) < 4.78 is 1.32. The van der Waals surface area contributed by atoms with Gasteiger partial charge in [-0.2, -0.15) is 0 Å². The molecule has 1 aromatic heterocycles. The van der Waals surface area contributed by atoms with Crippen molar-refractivity contribution in [3.63, 3.8) is 0 Å². The highest BCUT2D eigenvalue weighted by Gasteiger charge is 2.21. The molecule has 1 amide bonds. The third-order valence-corrected chi connectivity index (χ3v) is 6.39. The average molecular weight is 464 g/mol. The van der Waals surface area contributed by atoms with E-state index in [0.717, 1.165) is 6.42 Å². The van der Waals surface area contributed by atoms with Crippen LogP contribution < -0.4 is 11.2 Å². The third kappa shape index (κ3) is 5.28. The molecule has 158 valence electrons. The number of aromatic nitrogens is 3. The van der Waals surface area contributed by atoms with E-state index in [1.54, 1.807) is 18.2 Å². The Morgan fingerprint density at radius 3 is 2.63 bits per heavy atom. The van der Waals surface area contributed by atoms with Gasteiger partial charge in [0.25, 0.3) is 0 Å². The molecule has 0 saturated carbocycles. The SMILES string of the molecule is CC[C@H](CNC(=O)[C@@H](C)Sc1nnc(-c2cc(Cl)ccc2Cl)n1N)c1ccccc1. The summed E-state index contributed by atoms with van der Waals surface area (Å²) in [5, 5.41) is 12.3. The van der Waals surface area contributed by atoms with Crippen molar-refractivity contribution in [2.24, 2.45) is 0 Å².